The van der Waals surface area contributed by atoms with Crippen LogP contribution in [-0.2, 0) is 19.4 Å². The Morgan fingerprint density at radius 1 is 1.00 bits per heavy atom. The third-order valence-electron chi connectivity index (χ3n) is 3.52. The minimum Gasteiger partial charge on any atom is -0.291 e. The van der Waals surface area contributed by atoms with Gasteiger partial charge < -0.3 is 0 Å². The van der Waals surface area contributed by atoms with Crippen LogP contribution >= 0.6 is 11.6 Å². The first-order valence-corrected chi connectivity index (χ1v) is 7.02. The molecule has 0 amide bonds. The summed E-state index contributed by atoms with van der Waals surface area (Å²) in [6.45, 7) is 0.937. The summed E-state index contributed by atoms with van der Waals surface area (Å²) in [6, 6.07) is 0.576. The lowest BCUT2D eigenvalue weighted by Crippen LogP contribution is -2.42. The van der Waals surface area contributed by atoms with Crippen molar-refractivity contribution in [2.75, 3.05) is 0 Å². The van der Waals surface area contributed by atoms with Gasteiger partial charge in [-0.1, -0.05) is 11.6 Å². The Labute approximate surface area is 145 Å². The van der Waals surface area contributed by atoms with Gasteiger partial charge in [0.15, 0.2) is 5.69 Å². The second-order valence-electron chi connectivity index (χ2n) is 5.26. The zero-order valence-electron chi connectivity index (χ0n) is 12.9. The molecule has 1 aromatic carbocycles. The van der Waals surface area contributed by atoms with Crippen molar-refractivity contribution in [3.05, 3.63) is 60.6 Å². The van der Waals surface area contributed by atoms with Gasteiger partial charge >= 0.3 is 18.0 Å². The highest BCUT2D eigenvalue weighted by Crippen LogP contribution is 2.34. The third kappa shape index (κ3) is 3.22. The maximum absolute atomic E-state index is 14.1. The highest BCUT2D eigenvalue weighted by Gasteiger charge is 2.39. The fraction of sp³-hybridized carbons (Fsp3) is 0.286. The number of aryl methyl sites for hydroxylation is 1. The molecule has 0 unspecified atom stereocenters. The quantitative estimate of drug-likeness (QED) is 0.681. The Bertz CT molecular complexity index is 966. The van der Waals surface area contributed by atoms with Crippen LogP contribution in [0.1, 0.15) is 16.8 Å². The first kappa shape index (κ1) is 20.0. The molecule has 2 aromatic rings. The largest absolute Gasteiger partial charge is 0.433 e. The molecule has 0 saturated carbocycles. The molecule has 12 heteroatoms. The van der Waals surface area contributed by atoms with Crippen molar-refractivity contribution in [1.29, 1.82) is 0 Å². The van der Waals surface area contributed by atoms with Gasteiger partial charge in [-0.15, -0.1) is 0 Å². The Morgan fingerprint density at radius 3 is 2.00 bits per heavy atom. The number of nitrogens with zero attached hydrogens (tertiary/aromatic N) is 2. The summed E-state index contributed by atoms with van der Waals surface area (Å²) in [6.07, 6.45) is -10.1. The molecule has 4 nitrogen and oxygen atoms in total. The van der Waals surface area contributed by atoms with Crippen LogP contribution in [-0.4, -0.2) is 9.13 Å². The second-order valence-corrected chi connectivity index (χ2v) is 5.64. The monoisotopic (exact) mass is 404 g/mol. The molecule has 1 aromatic heterocycles. The van der Waals surface area contributed by atoms with E-state index in [0.29, 0.717) is 13.1 Å². The molecule has 0 aliphatic rings. The predicted molar refractivity (Wildman–Crippen MR) is 77.0 cm³/mol. The lowest BCUT2D eigenvalue weighted by Gasteiger charge is -2.17. The number of alkyl halides is 6. The van der Waals surface area contributed by atoms with Crippen LogP contribution in [0.5, 0.6) is 0 Å². The first-order valence-electron chi connectivity index (χ1n) is 6.64. The van der Waals surface area contributed by atoms with Gasteiger partial charge in [0.25, 0.3) is 5.56 Å². The van der Waals surface area contributed by atoms with Crippen molar-refractivity contribution < 1.29 is 30.7 Å². The van der Waals surface area contributed by atoms with Gasteiger partial charge in [-0.2, -0.15) is 26.3 Å². The number of hydrogen-bond donors (Lipinski definition) is 0. The van der Waals surface area contributed by atoms with E-state index in [1.807, 2.05) is 0 Å². The van der Waals surface area contributed by atoms with Crippen molar-refractivity contribution >= 4 is 11.6 Å². The van der Waals surface area contributed by atoms with Crippen LogP contribution < -0.4 is 11.2 Å². The van der Waals surface area contributed by atoms with Crippen LogP contribution in [0.2, 0.25) is 5.02 Å². The van der Waals surface area contributed by atoms with Gasteiger partial charge in [-0.25, -0.2) is 13.8 Å². The van der Waals surface area contributed by atoms with E-state index in [0.717, 1.165) is 6.92 Å². The zero-order chi connectivity index (χ0) is 20.2. The van der Waals surface area contributed by atoms with Gasteiger partial charge in [0.05, 0.1) is 11.3 Å². The summed E-state index contributed by atoms with van der Waals surface area (Å²) in [4.78, 5) is 24.2. The number of hydrogen-bond acceptors (Lipinski definition) is 2. The van der Waals surface area contributed by atoms with E-state index in [2.05, 4.69) is 0 Å². The topological polar surface area (TPSA) is 44.0 Å². The third-order valence-corrected chi connectivity index (χ3v) is 3.86. The summed E-state index contributed by atoms with van der Waals surface area (Å²) in [7, 11) is 0.641. The molecular weight excluding hydrogens is 397 g/mol. The standard InChI is InChI=1S/C14H8ClF7N2O2/c1-5-3-8(7(16)4-6(5)13(17,18)19)24-11(25)9(15)10(14(20,21)22)23(2)12(24)26/h3-4H,1-2H3. The van der Waals surface area contributed by atoms with Crippen LogP contribution in [0.15, 0.2) is 21.7 Å². The summed E-state index contributed by atoms with van der Waals surface area (Å²) in [5.41, 5.74) is -7.93. The van der Waals surface area contributed by atoms with E-state index < -0.39 is 56.9 Å². The first-order chi connectivity index (χ1) is 11.7. The number of aromatic nitrogens is 2. The molecular formula is C14H8ClF7N2O2. The van der Waals surface area contributed by atoms with E-state index in [9.17, 15) is 40.3 Å². The van der Waals surface area contributed by atoms with Crippen LogP contribution in [0.3, 0.4) is 0 Å². The molecule has 0 bridgehead atoms. The van der Waals surface area contributed by atoms with Crippen molar-refractivity contribution in [3.8, 4) is 5.69 Å². The van der Waals surface area contributed by atoms with Gasteiger partial charge in [0, 0.05) is 7.05 Å². The minimum atomic E-state index is -5.15. The fourth-order valence-electron chi connectivity index (χ4n) is 2.35. The fourth-order valence-corrected chi connectivity index (χ4v) is 2.67. The molecule has 0 radical (unpaired) electrons. The minimum absolute atomic E-state index is 0.0316. The SMILES string of the molecule is Cc1cc(-n2c(=O)c(Cl)c(C(F)(F)F)n(C)c2=O)c(F)cc1C(F)(F)F. The predicted octanol–water partition coefficient (Wildman–Crippen LogP) is 3.67. The van der Waals surface area contributed by atoms with E-state index in [1.165, 1.54) is 0 Å². The lowest BCUT2D eigenvalue weighted by atomic mass is 10.1. The molecule has 0 N–H and O–H groups in total. The lowest BCUT2D eigenvalue weighted by molar-refractivity contribution is -0.144. The highest BCUT2D eigenvalue weighted by atomic mass is 35.5. The van der Waals surface area contributed by atoms with E-state index in [1.54, 1.807) is 0 Å². The smallest absolute Gasteiger partial charge is 0.291 e. The summed E-state index contributed by atoms with van der Waals surface area (Å²) in [5, 5.41) is -1.42. The maximum atomic E-state index is 14.1. The van der Waals surface area contributed by atoms with Gasteiger partial charge in [-0.05, 0) is 24.6 Å². The molecule has 0 atom stereocenters. The molecule has 0 saturated heterocycles. The van der Waals surface area contributed by atoms with Crippen molar-refractivity contribution in [2.24, 2.45) is 7.05 Å². The Hall–Kier alpha value is -2.30. The molecule has 26 heavy (non-hydrogen) atoms. The molecule has 2 rings (SSSR count). The van der Waals surface area contributed by atoms with E-state index in [-0.39, 0.29) is 15.2 Å². The molecule has 142 valence electrons. The highest BCUT2D eigenvalue weighted by molar-refractivity contribution is 6.31. The molecule has 1 heterocycles. The van der Waals surface area contributed by atoms with E-state index >= 15 is 0 Å². The molecule has 0 aliphatic heterocycles. The average Bonchev–Trinajstić information content (AvgIpc) is 2.46. The Morgan fingerprint density at radius 2 is 1.54 bits per heavy atom. The van der Waals surface area contributed by atoms with Crippen LogP contribution in [0.4, 0.5) is 30.7 Å². The molecule has 0 fully saturated rings. The van der Waals surface area contributed by atoms with Crippen molar-refractivity contribution in [2.45, 2.75) is 19.3 Å². The maximum Gasteiger partial charge on any atom is 0.433 e. The van der Waals surface area contributed by atoms with Gasteiger partial charge in [0.2, 0.25) is 0 Å². The normalized spacial score (nSPS) is 12.5. The summed E-state index contributed by atoms with van der Waals surface area (Å²) < 4.78 is 91.2. The van der Waals surface area contributed by atoms with E-state index in [4.69, 9.17) is 11.6 Å². The van der Waals surface area contributed by atoms with Gasteiger partial charge in [0.1, 0.15) is 10.8 Å². The number of halogens is 8. The Kier molecular flexibility index (Phi) is 4.73. The number of rotatable bonds is 1. The van der Waals surface area contributed by atoms with Crippen LogP contribution in [0, 0.1) is 12.7 Å². The molecule has 0 aliphatic carbocycles. The Balaban J connectivity index is 2.90. The van der Waals surface area contributed by atoms with Gasteiger partial charge in [-0.3, -0.25) is 9.36 Å². The summed E-state index contributed by atoms with van der Waals surface area (Å²) >= 11 is 5.39. The van der Waals surface area contributed by atoms with Crippen LogP contribution in [0.25, 0.3) is 5.69 Å². The second kappa shape index (κ2) is 6.15. The van der Waals surface area contributed by atoms with Crippen molar-refractivity contribution in [1.82, 2.24) is 9.13 Å². The summed E-state index contributed by atoms with van der Waals surface area (Å²) in [5.74, 6) is -1.63. The average molecular weight is 405 g/mol. The number of benzene rings is 1. The zero-order valence-corrected chi connectivity index (χ0v) is 13.6. The molecule has 0 spiro atoms. The van der Waals surface area contributed by atoms with Crippen molar-refractivity contribution in [3.63, 3.8) is 0 Å².